The Morgan fingerprint density at radius 1 is 1.16 bits per heavy atom. The molecule has 0 saturated carbocycles. The Balaban J connectivity index is 1.94. The van der Waals surface area contributed by atoms with E-state index in [2.05, 4.69) is 19.2 Å². The van der Waals surface area contributed by atoms with Crippen LogP contribution in [0.5, 0.6) is 0 Å². The minimum absolute atomic E-state index is 0.0290. The van der Waals surface area contributed by atoms with E-state index in [0.29, 0.717) is 31.1 Å². The van der Waals surface area contributed by atoms with Crippen molar-refractivity contribution in [3.8, 4) is 0 Å². The van der Waals surface area contributed by atoms with Crippen LogP contribution in [-0.2, 0) is 11.3 Å². The maximum absolute atomic E-state index is 12.7. The van der Waals surface area contributed by atoms with Gasteiger partial charge in [-0.05, 0) is 24.0 Å². The molecule has 134 valence electrons. The number of nitrogens with one attached hydrogen (secondary N) is 1. The van der Waals surface area contributed by atoms with Crippen molar-refractivity contribution in [2.24, 2.45) is 5.92 Å². The van der Waals surface area contributed by atoms with Gasteiger partial charge >= 0.3 is 0 Å². The van der Waals surface area contributed by atoms with Gasteiger partial charge < -0.3 is 14.6 Å². The van der Waals surface area contributed by atoms with E-state index in [-0.39, 0.29) is 18.2 Å². The largest absolute Gasteiger partial charge is 0.472 e. The lowest BCUT2D eigenvalue weighted by Gasteiger charge is -2.22. The third-order valence-corrected chi connectivity index (χ3v) is 3.92. The first-order valence-corrected chi connectivity index (χ1v) is 8.68. The zero-order valence-corrected chi connectivity index (χ0v) is 14.9. The molecule has 1 N–H and O–H groups in total. The zero-order valence-electron chi connectivity index (χ0n) is 14.9. The SMILES string of the molecule is CC(C)CCNC(=O)CCN(Cc1ccccc1)C(=O)c1ccoc1. The van der Waals surface area contributed by atoms with E-state index in [1.54, 1.807) is 11.0 Å². The monoisotopic (exact) mass is 342 g/mol. The number of hydrogen-bond acceptors (Lipinski definition) is 3. The Bertz CT molecular complexity index is 651. The van der Waals surface area contributed by atoms with Crippen LogP contribution in [-0.4, -0.2) is 29.8 Å². The maximum atomic E-state index is 12.7. The van der Waals surface area contributed by atoms with Crippen LogP contribution in [0.1, 0.15) is 42.6 Å². The van der Waals surface area contributed by atoms with Crippen molar-refractivity contribution in [2.75, 3.05) is 13.1 Å². The second-order valence-electron chi connectivity index (χ2n) is 6.51. The quantitative estimate of drug-likeness (QED) is 0.759. The molecule has 1 heterocycles. The molecule has 2 amide bonds. The van der Waals surface area contributed by atoms with Crippen molar-refractivity contribution >= 4 is 11.8 Å². The van der Waals surface area contributed by atoms with Gasteiger partial charge in [-0.15, -0.1) is 0 Å². The highest BCUT2D eigenvalue weighted by molar-refractivity contribution is 5.94. The molecule has 0 fully saturated rings. The Morgan fingerprint density at radius 2 is 1.92 bits per heavy atom. The van der Waals surface area contributed by atoms with E-state index >= 15 is 0 Å². The fourth-order valence-corrected chi connectivity index (χ4v) is 2.45. The van der Waals surface area contributed by atoms with Crippen LogP contribution < -0.4 is 5.32 Å². The minimum atomic E-state index is -0.132. The van der Waals surface area contributed by atoms with Gasteiger partial charge in [0.05, 0.1) is 11.8 Å². The lowest BCUT2D eigenvalue weighted by atomic mass is 10.1. The lowest BCUT2D eigenvalue weighted by Crippen LogP contribution is -2.35. The molecule has 0 spiro atoms. The number of rotatable bonds is 9. The van der Waals surface area contributed by atoms with Crippen LogP contribution in [0.15, 0.2) is 53.3 Å². The maximum Gasteiger partial charge on any atom is 0.257 e. The summed E-state index contributed by atoms with van der Waals surface area (Å²) in [4.78, 5) is 26.4. The third kappa shape index (κ3) is 6.45. The van der Waals surface area contributed by atoms with Crippen LogP contribution in [0.2, 0.25) is 0 Å². The van der Waals surface area contributed by atoms with Crippen LogP contribution >= 0.6 is 0 Å². The number of furan rings is 1. The molecular formula is C20H26N2O3. The summed E-state index contributed by atoms with van der Waals surface area (Å²) in [6.45, 7) is 5.75. The number of nitrogens with zero attached hydrogens (tertiary/aromatic N) is 1. The Labute approximate surface area is 149 Å². The van der Waals surface area contributed by atoms with Crippen LogP contribution in [0, 0.1) is 5.92 Å². The molecule has 25 heavy (non-hydrogen) atoms. The van der Waals surface area contributed by atoms with Gasteiger partial charge in [0, 0.05) is 26.1 Å². The van der Waals surface area contributed by atoms with Crippen molar-refractivity contribution in [2.45, 2.75) is 33.2 Å². The summed E-state index contributed by atoms with van der Waals surface area (Å²) in [5.74, 6) is 0.392. The van der Waals surface area contributed by atoms with E-state index in [9.17, 15) is 9.59 Å². The van der Waals surface area contributed by atoms with Crippen molar-refractivity contribution in [1.82, 2.24) is 10.2 Å². The molecule has 2 rings (SSSR count). The second kappa shape index (κ2) is 9.67. The molecule has 1 aromatic carbocycles. The summed E-state index contributed by atoms with van der Waals surface area (Å²) >= 11 is 0. The highest BCUT2D eigenvalue weighted by Crippen LogP contribution is 2.11. The number of amides is 2. The van der Waals surface area contributed by atoms with Gasteiger partial charge in [0.1, 0.15) is 6.26 Å². The molecule has 1 aromatic heterocycles. The lowest BCUT2D eigenvalue weighted by molar-refractivity contribution is -0.121. The third-order valence-electron chi connectivity index (χ3n) is 3.92. The Morgan fingerprint density at radius 3 is 2.56 bits per heavy atom. The predicted octanol–water partition coefficient (Wildman–Crippen LogP) is 3.47. The standard InChI is InChI=1S/C20H26N2O3/c1-16(2)8-11-21-19(23)9-12-22(14-17-6-4-3-5-7-17)20(24)18-10-13-25-15-18/h3-7,10,13,15-16H,8-9,11-12,14H2,1-2H3,(H,21,23). The van der Waals surface area contributed by atoms with Gasteiger partial charge in [-0.1, -0.05) is 44.2 Å². The number of hydrogen-bond donors (Lipinski definition) is 1. The molecule has 2 aromatic rings. The zero-order chi connectivity index (χ0) is 18.1. The summed E-state index contributed by atoms with van der Waals surface area (Å²) < 4.78 is 5.01. The highest BCUT2D eigenvalue weighted by atomic mass is 16.3. The second-order valence-corrected chi connectivity index (χ2v) is 6.51. The van der Waals surface area contributed by atoms with Gasteiger partial charge in [-0.25, -0.2) is 0 Å². The van der Waals surface area contributed by atoms with Crippen LogP contribution in [0.4, 0.5) is 0 Å². The molecule has 0 aliphatic rings. The van der Waals surface area contributed by atoms with Gasteiger partial charge in [0.15, 0.2) is 0 Å². The molecule has 5 heteroatoms. The summed E-state index contributed by atoms with van der Waals surface area (Å²) in [7, 11) is 0. The van der Waals surface area contributed by atoms with Gasteiger partial charge in [-0.2, -0.15) is 0 Å². The van der Waals surface area contributed by atoms with Crippen molar-refractivity contribution in [3.05, 3.63) is 60.1 Å². The molecule has 0 bridgehead atoms. The van der Waals surface area contributed by atoms with Crippen molar-refractivity contribution < 1.29 is 14.0 Å². The van der Waals surface area contributed by atoms with E-state index in [1.807, 2.05) is 30.3 Å². The Kier molecular flexibility index (Phi) is 7.26. The van der Waals surface area contributed by atoms with Gasteiger partial charge in [0.25, 0.3) is 5.91 Å². The first kappa shape index (κ1) is 18.8. The summed E-state index contributed by atoms with van der Waals surface area (Å²) in [6, 6.07) is 11.4. The average molecular weight is 342 g/mol. The van der Waals surface area contributed by atoms with Crippen LogP contribution in [0.25, 0.3) is 0 Å². The predicted molar refractivity (Wildman–Crippen MR) is 97.0 cm³/mol. The van der Waals surface area contributed by atoms with Crippen molar-refractivity contribution in [3.63, 3.8) is 0 Å². The molecule has 0 aliphatic carbocycles. The first-order valence-electron chi connectivity index (χ1n) is 8.68. The van der Waals surface area contributed by atoms with E-state index in [0.717, 1.165) is 12.0 Å². The van der Waals surface area contributed by atoms with Gasteiger partial charge in [-0.3, -0.25) is 9.59 Å². The smallest absolute Gasteiger partial charge is 0.257 e. The van der Waals surface area contributed by atoms with E-state index in [1.165, 1.54) is 12.5 Å². The van der Waals surface area contributed by atoms with Crippen molar-refractivity contribution in [1.29, 1.82) is 0 Å². The number of benzene rings is 1. The molecule has 0 aliphatic heterocycles. The minimum Gasteiger partial charge on any atom is -0.472 e. The fourth-order valence-electron chi connectivity index (χ4n) is 2.45. The first-order chi connectivity index (χ1) is 12.1. The molecule has 5 nitrogen and oxygen atoms in total. The number of carbonyl (C=O) groups excluding carboxylic acids is 2. The fraction of sp³-hybridized carbons (Fsp3) is 0.400. The van der Waals surface area contributed by atoms with E-state index in [4.69, 9.17) is 4.42 Å². The number of carbonyl (C=O) groups is 2. The molecule has 0 atom stereocenters. The molecule has 0 radical (unpaired) electrons. The average Bonchev–Trinajstić information content (AvgIpc) is 3.13. The molecule has 0 unspecified atom stereocenters. The highest BCUT2D eigenvalue weighted by Gasteiger charge is 2.18. The normalized spacial score (nSPS) is 10.7. The molecular weight excluding hydrogens is 316 g/mol. The summed E-state index contributed by atoms with van der Waals surface area (Å²) in [6.07, 6.45) is 4.15. The van der Waals surface area contributed by atoms with E-state index < -0.39 is 0 Å². The Hall–Kier alpha value is -2.56. The topological polar surface area (TPSA) is 62.6 Å². The molecule has 0 saturated heterocycles. The summed E-state index contributed by atoms with van der Waals surface area (Å²) in [5.41, 5.74) is 1.52. The summed E-state index contributed by atoms with van der Waals surface area (Å²) in [5, 5.41) is 2.91. The van der Waals surface area contributed by atoms with Gasteiger partial charge in [0.2, 0.25) is 5.91 Å². The van der Waals surface area contributed by atoms with Crippen LogP contribution in [0.3, 0.4) is 0 Å².